The van der Waals surface area contributed by atoms with Crippen LogP contribution in [0.15, 0.2) is 3.92 Å². The Labute approximate surface area is 82.4 Å². The monoisotopic (exact) mass is 271 g/mol. The minimum Gasteiger partial charge on any atom is -0.213 e. The number of nitrogens with one attached hydrogen (secondary N) is 1. The fourth-order valence-corrected chi connectivity index (χ4v) is 2.13. The van der Waals surface area contributed by atoms with Crippen molar-refractivity contribution in [1.29, 1.82) is 0 Å². The van der Waals surface area contributed by atoms with Gasteiger partial charge in [0.05, 0.1) is 12.8 Å². The van der Waals surface area contributed by atoms with E-state index in [0.29, 0.717) is 8.92 Å². The van der Waals surface area contributed by atoms with Crippen molar-refractivity contribution >= 4 is 37.3 Å². The van der Waals surface area contributed by atoms with Gasteiger partial charge in [-0.15, -0.1) is 10.2 Å². The van der Waals surface area contributed by atoms with E-state index in [1.165, 1.54) is 11.3 Å². The van der Waals surface area contributed by atoms with Gasteiger partial charge in [-0.1, -0.05) is 11.3 Å². The molecule has 0 fully saturated rings. The topological polar surface area (TPSA) is 72.0 Å². The summed E-state index contributed by atoms with van der Waals surface area (Å²) in [5.41, 5.74) is 0. The standard InChI is InChI=1S/C4H6BrN3O2S2/c1-12(9,10)6-2-3-7-8-4(5)11-3/h6H,2H2,1H3. The van der Waals surface area contributed by atoms with Gasteiger partial charge < -0.3 is 0 Å². The zero-order valence-electron chi connectivity index (χ0n) is 6.11. The van der Waals surface area contributed by atoms with Crippen molar-refractivity contribution in [2.45, 2.75) is 6.54 Å². The average molecular weight is 272 g/mol. The van der Waals surface area contributed by atoms with Crippen molar-refractivity contribution in [3.8, 4) is 0 Å². The van der Waals surface area contributed by atoms with E-state index in [0.717, 1.165) is 6.26 Å². The smallest absolute Gasteiger partial charge is 0.209 e. The number of rotatable bonds is 3. The molecule has 0 saturated carbocycles. The zero-order valence-corrected chi connectivity index (χ0v) is 9.33. The summed E-state index contributed by atoms with van der Waals surface area (Å²) in [7, 11) is -3.14. The molecular formula is C4H6BrN3O2S2. The lowest BCUT2D eigenvalue weighted by Gasteiger charge is -1.95. The molecule has 0 aliphatic heterocycles. The summed E-state index contributed by atoms with van der Waals surface area (Å²) in [6.45, 7) is 0.197. The minimum absolute atomic E-state index is 0.197. The first-order valence-corrected chi connectivity index (χ1v) is 6.40. The Morgan fingerprint density at radius 1 is 1.58 bits per heavy atom. The van der Waals surface area contributed by atoms with Gasteiger partial charge in [0.25, 0.3) is 0 Å². The molecule has 0 unspecified atom stereocenters. The van der Waals surface area contributed by atoms with Crippen molar-refractivity contribution in [2.24, 2.45) is 0 Å². The van der Waals surface area contributed by atoms with E-state index in [4.69, 9.17) is 0 Å². The minimum atomic E-state index is -3.14. The molecule has 1 heterocycles. The van der Waals surface area contributed by atoms with E-state index in [9.17, 15) is 8.42 Å². The molecule has 0 saturated heterocycles. The third-order valence-corrected chi connectivity index (χ3v) is 2.95. The summed E-state index contributed by atoms with van der Waals surface area (Å²) in [6.07, 6.45) is 1.10. The maximum Gasteiger partial charge on any atom is 0.209 e. The van der Waals surface area contributed by atoms with Crippen LogP contribution in [0.25, 0.3) is 0 Å². The molecule has 1 rings (SSSR count). The lowest BCUT2D eigenvalue weighted by atomic mass is 10.7. The Morgan fingerprint density at radius 2 is 2.25 bits per heavy atom. The molecule has 68 valence electrons. The molecule has 0 radical (unpaired) electrons. The molecule has 12 heavy (non-hydrogen) atoms. The van der Waals surface area contributed by atoms with Crippen LogP contribution in [0, 0.1) is 0 Å². The van der Waals surface area contributed by atoms with E-state index in [1.807, 2.05) is 0 Å². The quantitative estimate of drug-likeness (QED) is 0.861. The van der Waals surface area contributed by atoms with Crippen LogP contribution in [-0.2, 0) is 16.6 Å². The molecule has 0 spiro atoms. The van der Waals surface area contributed by atoms with Crippen molar-refractivity contribution in [3.63, 3.8) is 0 Å². The van der Waals surface area contributed by atoms with Crippen molar-refractivity contribution < 1.29 is 8.42 Å². The molecule has 0 aliphatic rings. The van der Waals surface area contributed by atoms with E-state index < -0.39 is 10.0 Å². The highest BCUT2D eigenvalue weighted by molar-refractivity contribution is 9.11. The van der Waals surface area contributed by atoms with Crippen LogP contribution >= 0.6 is 27.3 Å². The van der Waals surface area contributed by atoms with Crippen molar-refractivity contribution in [3.05, 3.63) is 8.92 Å². The molecule has 0 bridgehead atoms. The second-order valence-corrected chi connectivity index (χ2v) is 6.21. The van der Waals surface area contributed by atoms with Crippen LogP contribution in [0.4, 0.5) is 0 Å². The van der Waals surface area contributed by atoms with Gasteiger partial charge in [0.15, 0.2) is 3.92 Å². The Bertz CT molecular complexity index is 360. The lowest BCUT2D eigenvalue weighted by Crippen LogP contribution is -2.21. The van der Waals surface area contributed by atoms with Crippen LogP contribution in [0.1, 0.15) is 5.01 Å². The summed E-state index contributed by atoms with van der Waals surface area (Å²) >= 11 is 4.42. The molecule has 1 aromatic rings. The largest absolute Gasteiger partial charge is 0.213 e. The first-order valence-electron chi connectivity index (χ1n) is 2.90. The van der Waals surface area contributed by atoms with Gasteiger partial charge in [-0.05, 0) is 15.9 Å². The molecule has 1 aromatic heterocycles. The maximum atomic E-state index is 10.6. The normalized spacial score (nSPS) is 11.8. The Hall–Kier alpha value is -0.0500. The number of aromatic nitrogens is 2. The molecule has 1 N–H and O–H groups in total. The van der Waals surface area contributed by atoms with E-state index >= 15 is 0 Å². The van der Waals surface area contributed by atoms with Gasteiger partial charge in [0, 0.05) is 0 Å². The third kappa shape index (κ3) is 3.57. The Balaban J connectivity index is 2.55. The van der Waals surface area contributed by atoms with Gasteiger partial charge in [-0.2, -0.15) is 0 Å². The van der Waals surface area contributed by atoms with Gasteiger partial charge in [0.1, 0.15) is 5.01 Å². The SMILES string of the molecule is CS(=O)(=O)NCc1nnc(Br)s1. The van der Waals surface area contributed by atoms with Crippen LogP contribution in [-0.4, -0.2) is 24.9 Å². The summed E-state index contributed by atoms with van der Waals surface area (Å²) in [5.74, 6) is 0. The Morgan fingerprint density at radius 3 is 2.67 bits per heavy atom. The fraction of sp³-hybridized carbons (Fsp3) is 0.500. The van der Waals surface area contributed by atoms with Crippen molar-refractivity contribution in [1.82, 2.24) is 14.9 Å². The third-order valence-electron chi connectivity index (χ3n) is 0.928. The van der Waals surface area contributed by atoms with Gasteiger partial charge >= 0.3 is 0 Å². The first kappa shape index (κ1) is 10.0. The van der Waals surface area contributed by atoms with Crippen LogP contribution < -0.4 is 4.72 Å². The van der Waals surface area contributed by atoms with Gasteiger partial charge in [-0.25, -0.2) is 13.1 Å². The molecule has 0 atom stereocenters. The van der Waals surface area contributed by atoms with Crippen LogP contribution in [0.5, 0.6) is 0 Å². The highest BCUT2D eigenvalue weighted by Crippen LogP contribution is 2.15. The summed E-state index contributed by atoms with van der Waals surface area (Å²) in [5, 5.41) is 8.01. The lowest BCUT2D eigenvalue weighted by molar-refractivity contribution is 0.587. The fourth-order valence-electron chi connectivity index (χ4n) is 0.497. The summed E-state index contributed by atoms with van der Waals surface area (Å²) in [6, 6.07) is 0. The number of sulfonamides is 1. The molecule has 0 aromatic carbocycles. The molecule has 8 heteroatoms. The molecular weight excluding hydrogens is 266 g/mol. The average Bonchev–Trinajstić information content (AvgIpc) is 2.30. The first-order chi connectivity index (χ1) is 5.47. The second-order valence-electron chi connectivity index (χ2n) is 2.04. The predicted octanol–water partition coefficient (Wildman–Crippen LogP) is 0.350. The number of nitrogens with zero attached hydrogens (tertiary/aromatic N) is 2. The van der Waals surface area contributed by atoms with E-state index in [-0.39, 0.29) is 6.54 Å². The number of halogens is 1. The highest BCUT2D eigenvalue weighted by atomic mass is 79.9. The highest BCUT2D eigenvalue weighted by Gasteiger charge is 2.04. The molecule has 0 aliphatic carbocycles. The van der Waals surface area contributed by atoms with E-state index in [1.54, 1.807) is 0 Å². The molecule has 5 nitrogen and oxygen atoms in total. The van der Waals surface area contributed by atoms with Crippen LogP contribution in [0.3, 0.4) is 0 Å². The zero-order chi connectivity index (χ0) is 9.19. The van der Waals surface area contributed by atoms with Gasteiger partial charge in [-0.3, -0.25) is 0 Å². The van der Waals surface area contributed by atoms with Gasteiger partial charge in [0.2, 0.25) is 10.0 Å². The maximum absolute atomic E-state index is 10.6. The molecule has 0 amide bonds. The summed E-state index contributed by atoms with van der Waals surface area (Å²) in [4.78, 5) is 0. The number of hydrogen-bond donors (Lipinski definition) is 1. The van der Waals surface area contributed by atoms with Crippen molar-refractivity contribution in [2.75, 3.05) is 6.26 Å². The number of hydrogen-bond acceptors (Lipinski definition) is 5. The second kappa shape index (κ2) is 3.77. The van der Waals surface area contributed by atoms with Crippen LogP contribution in [0.2, 0.25) is 0 Å². The predicted molar refractivity (Wildman–Crippen MR) is 49.3 cm³/mol. The van der Waals surface area contributed by atoms with E-state index in [2.05, 4.69) is 30.8 Å². The Kier molecular flexibility index (Phi) is 3.16. The summed E-state index contributed by atoms with van der Waals surface area (Å²) < 4.78 is 24.2.